The van der Waals surface area contributed by atoms with Gasteiger partial charge in [-0.3, -0.25) is 4.79 Å². The molecule has 0 bridgehead atoms. The van der Waals surface area contributed by atoms with Crippen molar-refractivity contribution in [3.63, 3.8) is 0 Å². The molecule has 0 saturated carbocycles. The fraction of sp³-hybridized carbons (Fsp3) is 0.643. The second-order valence-electron chi connectivity index (χ2n) is 5.69. The van der Waals surface area contributed by atoms with Crippen LogP contribution in [0.1, 0.15) is 36.3 Å². The summed E-state index contributed by atoms with van der Waals surface area (Å²) in [5, 5.41) is 10.1. The molecule has 1 aromatic heterocycles. The highest BCUT2D eigenvalue weighted by Crippen LogP contribution is 2.28. The fourth-order valence-corrected chi connectivity index (χ4v) is 2.42. The number of likely N-dealkylation sites (tertiary alicyclic amines) is 1. The molecule has 0 radical (unpaired) electrons. The third-order valence-electron chi connectivity index (χ3n) is 4.35. The molecule has 2 atom stereocenters. The lowest BCUT2D eigenvalue weighted by atomic mass is 9.84. The van der Waals surface area contributed by atoms with E-state index in [0.717, 1.165) is 11.3 Å². The molecule has 1 N–H and O–H groups in total. The quantitative estimate of drug-likeness (QED) is 0.822. The second-order valence-corrected chi connectivity index (χ2v) is 5.69. The third kappa shape index (κ3) is 2.17. The fourth-order valence-electron chi connectivity index (χ4n) is 2.42. The molecule has 4 heteroatoms. The zero-order valence-electron chi connectivity index (χ0n) is 11.6. The molecule has 0 spiro atoms. The van der Waals surface area contributed by atoms with Crippen molar-refractivity contribution in [3.8, 4) is 0 Å². The minimum absolute atomic E-state index is 0.0791. The summed E-state index contributed by atoms with van der Waals surface area (Å²) in [6.45, 7) is 7.06. The van der Waals surface area contributed by atoms with E-state index in [1.54, 1.807) is 0 Å². The van der Waals surface area contributed by atoms with Gasteiger partial charge in [-0.15, -0.1) is 0 Å². The minimum atomic E-state index is -0.650. The van der Waals surface area contributed by atoms with Crippen LogP contribution in [-0.2, 0) is 7.05 Å². The van der Waals surface area contributed by atoms with Gasteiger partial charge in [-0.25, -0.2) is 0 Å². The number of carbonyl (C=O) groups excluding carboxylic acids is 1. The molecule has 18 heavy (non-hydrogen) atoms. The van der Waals surface area contributed by atoms with Crippen molar-refractivity contribution >= 4 is 5.91 Å². The van der Waals surface area contributed by atoms with E-state index >= 15 is 0 Å². The maximum atomic E-state index is 12.4. The van der Waals surface area contributed by atoms with Crippen molar-refractivity contribution in [1.82, 2.24) is 9.47 Å². The molecule has 0 unspecified atom stereocenters. The van der Waals surface area contributed by atoms with Crippen LogP contribution in [0, 0.1) is 12.8 Å². The van der Waals surface area contributed by atoms with Crippen LogP contribution in [0.4, 0.5) is 0 Å². The summed E-state index contributed by atoms with van der Waals surface area (Å²) in [6.07, 6.45) is 2.55. The Bertz CT molecular complexity index is 462. The van der Waals surface area contributed by atoms with Crippen molar-refractivity contribution in [2.75, 3.05) is 13.1 Å². The first-order valence-corrected chi connectivity index (χ1v) is 6.46. The van der Waals surface area contributed by atoms with E-state index in [9.17, 15) is 9.90 Å². The summed E-state index contributed by atoms with van der Waals surface area (Å²) in [4.78, 5) is 14.3. The van der Waals surface area contributed by atoms with Crippen LogP contribution < -0.4 is 0 Å². The summed E-state index contributed by atoms with van der Waals surface area (Å²) in [5.41, 5.74) is 1.11. The predicted octanol–water partition coefficient (Wildman–Crippen LogP) is 1.57. The first kappa shape index (κ1) is 13.1. The smallest absolute Gasteiger partial charge is 0.255 e. The van der Waals surface area contributed by atoms with Gasteiger partial charge in [-0.05, 0) is 26.3 Å². The number of hydrogen-bond donors (Lipinski definition) is 1. The Hall–Kier alpha value is -1.29. The maximum Gasteiger partial charge on any atom is 0.255 e. The zero-order valence-corrected chi connectivity index (χ0v) is 11.6. The summed E-state index contributed by atoms with van der Waals surface area (Å²) >= 11 is 0. The van der Waals surface area contributed by atoms with E-state index < -0.39 is 5.60 Å². The number of aryl methyl sites for hydroxylation is 1. The number of carbonyl (C=O) groups is 1. The molecule has 2 rings (SSSR count). The van der Waals surface area contributed by atoms with Crippen LogP contribution >= 0.6 is 0 Å². The van der Waals surface area contributed by atoms with E-state index in [1.165, 1.54) is 0 Å². The molecular weight excluding hydrogens is 228 g/mol. The van der Waals surface area contributed by atoms with E-state index in [1.807, 2.05) is 49.5 Å². The van der Waals surface area contributed by atoms with Gasteiger partial charge in [0.1, 0.15) is 0 Å². The van der Waals surface area contributed by atoms with Crippen molar-refractivity contribution in [3.05, 3.63) is 23.5 Å². The van der Waals surface area contributed by atoms with E-state index in [-0.39, 0.29) is 11.8 Å². The zero-order chi connectivity index (χ0) is 13.5. The van der Waals surface area contributed by atoms with Crippen molar-refractivity contribution in [2.24, 2.45) is 13.0 Å². The Balaban J connectivity index is 2.14. The SMILES string of the molecule is Cc1c(C(=O)N2CC[C@](C)(O)[C@H](C)C2)ccn1C. The number of rotatable bonds is 1. The molecule has 1 saturated heterocycles. The Morgan fingerprint density at radius 2 is 2.22 bits per heavy atom. The topological polar surface area (TPSA) is 45.5 Å². The highest BCUT2D eigenvalue weighted by Gasteiger charge is 2.36. The van der Waals surface area contributed by atoms with Crippen molar-refractivity contribution in [2.45, 2.75) is 32.8 Å². The highest BCUT2D eigenvalue weighted by molar-refractivity contribution is 5.95. The predicted molar refractivity (Wildman–Crippen MR) is 70.5 cm³/mol. The average Bonchev–Trinajstić information content (AvgIpc) is 2.63. The lowest BCUT2D eigenvalue weighted by Crippen LogP contribution is -2.50. The Kier molecular flexibility index (Phi) is 3.23. The van der Waals surface area contributed by atoms with Crippen LogP contribution in [0.3, 0.4) is 0 Å². The molecule has 1 aliphatic heterocycles. The molecule has 0 aromatic carbocycles. The highest BCUT2D eigenvalue weighted by atomic mass is 16.3. The van der Waals surface area contributed by atoms with Gasteiger partial charge in [-0.1, -0.05) is 6.92 Å². The molecule has 1 aromatic rings. The van der Waals surface area contributed by atoms with Crippen LogP contribution in [0.25, 0.3) is 0 Å². The van der Waals surface area contributed by atoms with Crippen LogP contribution in [-0.4, -0.2) is 39.2 Å². The molecular formula is C14H22N2O2. The Morgan fingerprint density at radius 3 is 2.72 bits per heavy atom. The van der Waals surface area contributed by atoms with Gasteiger partial charge < -0.3 is 14.6 Å². The van der Waals surface area contributed by atoms with Gasteiger partial charge in [0.05, 0.1) is 11.2 Å². The number of piperidine rings is 1. The van der Waals surface area contributed by atoms with E-state index in [2.05, 4.69) is 0 Å². The van der Waals surface area contributed by atoms with E-state index in [4.69, 9.17) is 0 Å². The summed E-state index contributed by atoms with van der Waals surface area (Å²) in [5.74, 6) is 0.190. The standard InChI is InChI=1S/C14H22N2O2/c1-10-9-16(8-6-14(10,3)18)13(17)12-5-7-15(4)11(12)2/h5,7,10,18H,6,8-9H2,1-4H3/t10-,14+/m1/s1. The van der Waals surface area contributed by atoms with Gasteiger partial charge in [0.25, 0.3) is 5.91 Å². The molecule has 4 nitrogen and oxygen atoms in total. The third-order valence-corrected chi connectivity index (χ3v) is 4.35. The van der Waals surface area contributed by atoms with Gasteiger partial charge >= 0.3 is 0 Å². The molecule has 1 aliphatic rings. The molecule has 1 amide bonds. The first-order chi connectivity index (χ1) is 8.33. The number of amides is 1. The summed E-state index contributed by atoms with van der Waals surface area (Å²) < 4.78 is 1.96. The average molecular weight is 250 g/mol. The normalized spacial score (nSPS) is 28.5. The van der Waals surface area contributed by atoms with Gasteiger partial charge in [0.2, 0.25) is 0 Å². The van der Waals surface area contributed by atoms with Gasteiger partial charge in [0, 0.05) is 37.9 Å². The monoisotopic (exact) mass is 250 g/mol. The lowest BCUT2D eigenvalue weighted by molar-refractivity contribution is -0.0439. The number of nitrogens with zero attached hydrogens (tertiary/aromatic N) is 2. The maximum absolute atomic E-state index is 12.4. The van der Waals surface area contributed by atoms with Crippen molar-refractivity contribution in [1.29, 1.82) is 0 Å². The van der Waals surface area contributed by atoms with Crippen LogP contribution in [0.15, 0.2) is 12.3 Å². The molecule has 100 valence electrons. The molecule has 2 heterocycles. The van der Waals surface area contributed by atoms with Gasteiger partial charge in [-0.2, -0.15) is 0 Å². The van der Waals surface area contributed by atoms with Crippen molar-refractivity contribution < 1.29 is 9.90 Å². The molecule has 0 aliphatic carbocycles. The van der Waals surface area contributed by atoms with E-state index in [0.29, 0.717) is 19.5 Å². The van der Waals surface area contributed by atoms with Crippen LogP contribution in [0.2, 0.25) is 0 Å². The molecule has 1 fully saturated rings. The summed E-state index contributed by atoms with van der Waals surface area (Å²) in [6, 6.07) is 1.87. The number of hydrogen-bond acceptors (Lipinski definition) is 2. The number of aliphatic hydroxyl groups is 1. The Morgan fingerprint density at radius 1 is 1.56 bits per heavy atom. The second kappa shape index (κ2) is 4.43. The lowest BCUT2D eigenvalue weighted by Gasteiger charge is -2.41. The first-order valence-electron chi connectivity index (χ1n) is 6.46. The minimum Gasteiger partial charge on any atom is -0.390 e. The Labute approximate surface area is 108 Å². The summed E-state index contributed by atoms with van der Waals surface area (Å²) in [7, 11) is 1.94. The van der Waals surface area contributed by atoms with Gasteiger partial charge in [0.15, 0.2) is 0 Å². The number of aromatic nitrogens is 1. The van der Waals surface area contributed by atoms with Crippen LogP contribution in [0.5, 0.6) is 0 Å². The largest absolute Gasteiger partial charge is 0.390 e.